The number of carbonyl (C=O) groups excluding carboxylic acids is 2. The molecule has 0 aromatic heterocycles. The number of nitrogens with one attached hydrogen (secondary N) is 1. The highest BCUT2D eigenvalue weighted by Gasteiger charge is 2.48. The van der Waals surface area contributed by atoms with Crippen molar-refractivity contribution >= 4 is 22.6 Å². The lowest BCUT2D eigenvalue weighted by Gasteiger charge is -2.45. The fourth-order valence-corrected chi connectivity index (χ4v) is 4.00. The predicted octanol–water partition coefficient (Wildman–Crippen LogP) is 0.415. The van der Waals surface area contributed by atoms with Crippen LogP contribution in [0.4, 0.5) is 0 Å². The second-order valence-corrected chi connectivity index (χ2v) is 7.19. The zero-order valence-electron chi connectivity index (χ0n) is 11.6. The second kappa shape index (κ2) is 5.61. The molecule has 1 aliphatic heterocycles. The Morgan fingerprint density at radius 1 is 1.32 bits per heavy atom. The van der Waals surface area contributed by atoms with E-state index in [0.29, 0.717) is 5.75 Å². The van der Waals surface area contributed by atoms with Gasteiger partial charge in [-0.15, -0.1) is 0 Å². The van der Waals surface area contributed by atoms with Crippen molar-refractivity contribution in [1.29, 1.82) is 0 Å². The van der Waals surface area contributed by atoms with Crippen LogP contribution in [0.5, 0.6) is 0 Å². The van der Waals surface area contributed by atoms with Crippen molar-refractivity contribution < 1.29 is 13.8 Å². The van der Waals surface area contributed by atoms with Crippen molar-refractivity contribution in [3.8, 4) is 0 Å². The summed E-state index contributed by atoms with van der Waals surface area (Å²) in [5, 5.41) is 2.91. The van der Waals surface area contributed by atoms with Crippen LogP contribution in [-0.4, -0.2) is 51.1 Å². The molecule has 2 unspecified atom stereocenters. The molecule has 19 heavy (non-hydrogen) atoms. The maximum absolute atomic E-state index is 12.7. The van der Waals surface area contributed by atoms with E-state index in [9.17, 15) is 13.8 Å². The van der Waals surface area contributed by atoms with Gasteiger partial charge in [0.15, 0.2) is 0 Å². The topological polar surface area (TPSA) is 66.5 Å². The maximum Gasteiger partial charge on any atom is 0.249 e. The largest absolute Gasteiger partial charge is 0.340 e. The summed E-state index contributed by atoms with van der Waals surface area (Å²) in [7, 11) is -0.966. The summed E-state index contributed by atoms with van der Waals surface area (Å²) >= 11 is 0. The summed E-state index contributed by atoms with van der Waals surface area (Å²) in [5.41, 5.74) is -0.683. The summed E-state index contributed by atoms with van der Waals surface area (Å²) in [6.45, 7) is 1.97. The molecule has 0 bridgehead atoms. The van der Waals surface area contributed by atoms with E-state index in [-0.39, 0.29) is 24.4 Å². The average molecular weight is 286 g/mol. The number of hydrogen-bond donors (Lipinski definition) is 1. The molecule has 0 aromatic carbocycles. The lowest BCUT2D eigenvalue weighted by Crippen LogP contribution is -2.68. The van der Waals surface area contributed by atoms with Crippen molar-refractivity contribution in [1.82, 2.24) is 10.2 Å². The fourth-order valence-electron chi connectivity index (χ4n) is 3.14. The predicted molar refractivity (Wildman–Crippen MR) is 74.1 cm³/mol. The molecule has 1 heterocycles. The molecule has 1 aliphatic carbocycles. The highest BCUT2D eigenvalue weighted by Crippen LogP contribution is 2.32. The number of rotatable bonds is 3. The van der Waals surface area contributed by atoms with Gasteiger partial charge in [0, 0.05) is 28.9 Å². The fraction of sp³-hybridized carbons (Fsp3) is 0.846. The van der Waals surface area contributed by atoms with E-state index in [4.69, 9.17) is 0 Å². The van der Waals surface area contributed by atoms with E-state index >= 15 is 0 Å². The van der Waals surface area contributed by atoms with Crippen LogP contribution in [0, 0.1) is 0 Å². The molecule has 1 spiro atoms. The van der Waals surface area contributed by atoms with E-state index in [0.717, 1.165) is 32.1 Å². The number of nitrogens with zero attached hydrogens (tertiary/aromatic N) is 1. The molecule has 2 atom stereocenters. The molecule has 2 amide bonds. The lowest BCUT2D eigenvalue weighted by atomic mass is 9.79. The Morgan fingerprint density at radius 2 is 1.95 bits per heavy atom. The van der Waals surface area contributed by atoms with Gasteiger partial charge in [-0.2, -0.15) is 0 Å². The normalized spacial score (nSPS) is 26.1. The van der Waals surface area contributed by atoms with Crippen LogP contribution in [0.3, 0.4) is 0 Å². The molecule has 0 aromatic rings. The molecule has 1 N–H and O–H groups in total. The third kappa shape index (κ3) is 2.99. The Morgan fingerprint density at radius 3 is 2.53 bits per heavy atom. The van der Waals surface area contributed by atoms with Crippen molar-refractivity contribution in [3.63, 3.8) is 0 Å². The minimum atomic E-state index is -0.966. The third-order valence-electron chi connectivity index (χ3n) is 4.08. The van der Waals surface area contributed by atoms with Gasteiger partial charge in [-0.3, -0.25) is 13.8 Å². The van der Waals surface area contributed by atoms with E-state index in [1.165, 1.54) is 0 Å². The van der Waals surface area contributed by atoms with E-state index in [1.54, 1.807) is 11.2 Å². The molecule has 5 nitrogen and oxygen atoms in total. The van der Waals surface area contributed by atoms with Gasteiger partial charge >= 0.3 is 0 Å². The highest BCUT2D eigenvalue weighted by atomic mass is 32.2. The molecule has 6 heteroatoms. The maximum atomic E-state index is 12.7. The zero-order chi connectivity index (χ0) is 14.0. The SMILES string of the molecule is CC(CS(C)=O)N1CC(=O)NC2(CCCCC2)C1=O. The minimum absolute atomic E-state index is 0.0183. The standard InChI is InChI=1S/C13H22N2O3S/c1-10(9-19(2)18)15-8-11(16)14-13(12(15)17)6-4-3-5-7-13/h10H,3-9H2,1-2H3,(H,14,16). The van der Waals surface area contributed by atoms with Crippen LogP contribution in [0.1, 0.15) is 39.0 Å². The van der Waals surface area contributed by atoms with Gasteiger partial charge in [0.25, 0.3) is 0 Å². The number of piperazine rings is 1. The first kappa shape index (κ1) is 14.5. The summed E-state index contributed by atoms with van der Waals surface area (Å²) in [5.74, 6) is 0.356. The smallest absolute Gasteiger partial charge is 0.249 e. The molecular weight excluding hydrogens is 264 g/mol. The molecule has 2 rings (SSSR count). The number of hydrogen-bond acceptors (Lipinski definition) is 3. The number of amides is 2. The van der Waals surface area contributed by atoms with E-state index in [1.807, 2.05) is 6.92 Å². The monoisotopic (exact) mass is 286 g/mol. The quantitative estimate of drug-likeness (QED) is 0.817. The van der Waals surface area contributed by atoms with Gasteiger partial charge in [-0.25, -0.2) is 0 Å². The van der Waals surface area contributed by atoms with Crippen LogP contribution in [0.15, 0.2) is 0 Å². The van der Waals surface area contributed by atoms with Crippen LogP contribution in [-0.2, 0) is 20.4 Å². The van der Waals surface area contributed by atoms with Gasteiger partial charge < -0.3 is 10.2 Å². The minimum Gasteiger partial charge on any atom is -0.340 e. The first-order chi connectivity index (χ1) is 8.94. The van der Waals surface area contributed by atoms with E-state index in [2.05, 4.69) is 5.32 Å². The Bertz CT molecular complexity index is 405. The van der Waals surface area contributed by atoms with Crippen molar-refractivity contribution in [3.05, 3.63) is 0 Å². The Balaban J connectivity index is 2.18. The van der Waals surface area contributed by atoms with Gasteiger partial charge in [0.05, 0.1) is 6.54 Å². The van der Waals surface area contributed by atoms with E-state index < -0.39 is 16.3 Å². The lowest BCUT2D eigenvalue weighted by molar-refractivity contribution is -0.153. The van der Waals surface area contributed by atoms with Crippen LogP contribution >= 0.6 is 0 Å². The van der Waals surface area contributed by atoms with Crippen LogP contribution in [0.25, 0.3) is 0 Å². The Labute approximate surface area is 116 Å². The molecule has 1 saturated heterocycles. The first-order valence-electron chi connectivity index (χ1n) is 6.87. The summed E-state index contributed by atoms with van der Waals surface area (Å²) < 4.78 is 11.3. The number of carbonyl (C=O) groups is 2. The van der Waals surface area contributed by atoms with Crippen LogP contribution < -0.4 is 5.32 Å². The van der Waals surface area contributed by atoms with Gasteiger partial charge in [0.1, 0.15) is 5.54 Å². The Kier molecular flexibility index (Phi) is 4.28. The van der Waals surface area contributed by atoms with Crippen molar-refractivity contribution in [2.24, 2.45) is 0 Å². The third-order valence-corrected chi connectivity index (χ3v) is 5.03. The van der Waals surface area contributed by atoms with Gasteiger partial charge in [-0.05, 0) is 19.8 Å². The first-order valence-corrected chi connectivity index (χ1v) is 8.59. The van der Waals surface area contributed by atoms with Gasteiger partial charge in [-0.1, -0.05) is 19.3 Å². The summed E-state index contributed by atoms with van der Waals surface area (Å²) in [6.07, 6.45) is 6.18. The Hall–Kier alpha value is -0.910. The summed E-state index contributed by atoms with van der Waals surface area (Å²) in [4.78, 5) is 26.2. The molecule has 0 radical (unpaired) electrons. The summed E-state index contributed by atoms with van der Waals surface area (Å²) in [6, 6.07) is -0.150. The molecule has 2 fully saturated rings. The van der Waals surface area contributed by atoms with Crippen molar-refractivity contribution in [2.75, 3.05) is 18.6 Å². The van der Waals surface area contributed by atoms with Gasteiger partial charge in [0.2, 0.25) is 11.8 Å². The molecule has 108 valence electrons. The zero-order valence-corrected chi connectivity index (χ0v) is 12.4. The van der Waals surface area contributed by atoms with Crippen LogP contribution in [0.2, 0.25) is 0 Å². The van der Waals surface area contributed by atoms with Crippen molar-refractivity contribution in [2.45, 2.75) is 50.6 Å². The second-order valence-electron chi connectivity index (χ2n) is 5.71. The highest BCUT2D eigenvalue weighted by molar-refractivity contribution is 7.84. The molecule has 2 aliphatic rings. The average Bonchev–Trinajstić information content (AvgIpc) is 2.34. The molecule has 1 saturated carbocycles. The molecular formula is C13H22N2O3S.